The summed E-state index contributed by atoms with van der Waals surface area (Å²) < 4.78 is 5.90. The number of ether oxygens (including phenoxy) is 1. The van der Waals surface area contributed by atoms with Gasteiger partial charge in [-0.05, 0) is 42.9 Å². The van der Waals surface area contributed by atoms with Crippen LogP contribution in [0, 0.1) is 5.92 Å². The van der Waals surface area contributed by atoms with Gasteiger partial charge in [0.15, 0.2) is 0 Å². The van der Waals surface area contributed by atoms with E-state index in [2.05, 4.69) is 32.7 Å². The molecule has 2 aliphatic rings. The molecule has 3 heterocycles. The summed E-state index contributed by atoms with van der Waals surface area (Å²) in [5.74, 6) is -0.654. The highest BCUT2D eigenvalue weighted by atomic mass is 16.5. The van der Waals surface area contributed by atoms with Crippen LogP contribution in [0.15, 0.2) is 48.7 Å². The fourth-order valence-electron chi connectivity index (χ4n) is 4.05. The SMILES string of the molecule is O=C1CCC(NC(=O)c2ccc(N3CCC(COCc4ccccc4)CC3)cn2)C(=O)N1. The summed E-state index contributed by atoms with van der Waals surface area (Å²) in [6, 6.07) is 13.1. The number of carbonyl (C=O) groups is 3. The number of nitrogens with one attached hydrogen (secondary N) is 2. The Morgan fingerprint density at radius 2 is 1.88 bits per heavy atom. The number of piperidine rings is 2. The zero-order chi connectivity index (χ0) is 22.3. The van der Waals surface area contributed by atoms with Gasteiger partial charge in [-0.3, -0.25) is 19.7 Å². The molecule has 1 aromatic heterocycles. The Kier molecular flexibility index (Phi) is 7.11. The lowest BCUT2D eigenvalue weighted by Crippen LogP contribution is -2.52. The van der Waals surface area contributed by atoms with Crippen molar-refractivity contribution in [1.82, 2.24) is 15.6 Å². The van der Waals surface area contributed by atoms with E-state index in [1.807, 2.05) is 24.3 Å². The van der Waals surface area contributed by atoms with Crippen molar-refractivity contribution in [2.75, 3.05) is 24.6 Å². The maximum atomic E-state index is 12.4. The summed E-state index contributed by atoms with van der Waals surface area (Å²) in [5.41, 5.74) is 2.42. The number of rotatable bonds is 7. The van der Waals surface area contributed by atoms with Crippen LogP contribution in [-0.4, -0.2) is 48.4 Å². The van der Waals surface area contributed by atoms with Crippen molar-refractivity contribution in [2.24, 2.45) is 5.92 Å². The Hall–Kier alpha value is -3.26. The molecule has 1 unspecified atom stereocenters. The number of hydrogen-bond acceptors (Lipinski definition) is 6. The zero-order valence-electron chi connectivity index (χ0n) is 18.0. The molecule has 2 aliphatic heterocycles. The maximum absolute atomic E-state index is 12.4. The molecule has 2 fully saturated rings. The monoisotopic (exact) mass is 436 g/mol. The standard InChI is InChI=1S/C24H28N4O4/c29-22-9-8-21(24(31)27-22)26-23(30)20-7-6-19(14-25-20)28-12-10-18(11-13-28)16-32-15-17-4-2-1-3-5-17/h1-7,14,18,21H,8-13,15-16H2,(H,26,30)(H,27,29,31). The molecule has 2 aromatic rings. The average Bonchev–Trinajstić information content (AvgIpc) is 2.82. The molecule has 1 atom stereocenters. The molecule has 4 rings (SSSR count). The molecule has 1 aromatic carbocycles. The number of carbonyl (C=O) groups excluding carboxylic acids is 3. The van der Waals surface area contributed by atoms with Crippen LogP contribution in [-0.2, 0) is 20.9 Å². The van der Waals surface area contributed by atoms with Crippen molar-refractivity contribution in [1.29, 1.82) is 0 Å². The molecule has 0 bridgehead atoms. The molecule has 32 heavy (non-hydrogen) atoms. The Morgan fingerprint density at radius 1 is 1.09 bits per heavy atom. The number of aromatic nitrogens is 1. The zero-order valence-corrected chi connectivity index (χ0v) is 18.0. The Balaban J connectivity index is 1.22. The third-order valence-electron chi connectivity index (χ3n) is 5.97. The van der Waals surface area contributed by atoms with E-state index < -0.39 is 17.9 Å². The molecule has 0 radical (unpaired) electrons. The Bertz CT molecular complexity index is 940. The number of nitrogens with zero attached hydrogens (tertiary/aromatic N) is 2. The molecular formula is C24H28N4O4. The van der Waals surface area contributed by atoms with E-state index in [1.165, 1.54) is 5.56 Å². The number of imide groups is 1. The molecule has 0 aliphatic carbocycles. The van der Waals surface area contributed by atoms with E-state index in [0.29, 0.717) is 18.9 Å². The topological polar surface area (TPSA) is 101 Å². The predicted octanol–water partition coefficient (Wildman–Crippen LogP) is 2.05. The lowest BCUT2D eigenvalue weighted by molar-refractivity contribution is -0.134. The predicted molar refractivity (Wildman–Crippen MR) is 119 cm³/mol. The van der Waals surface area contributed by atoms with E-state index in [1.54, 1.807) is 12.3 Å². The van der Waals surface area contributed by atoms with Crippen LogP contribution in [0.1, 0.15) is 41.7 Å². The molecule has 8 nitrogen and oxygen atoms in total. The van der Waals surface area contributed by atoms with Crippen molar-refractivity contribution in [3.05, 3.63) is 59.9 Å². The van der Waals surface area contributed by atoms with Crippen molar-refractivity contribution in [3.63, 3.8) is 0 Å². The van der Waals surface area contributed by atoms with Gasteiger partial charge < -0.3 is 15.0 Å². The molecule has 3 amide bonds. The van der Waals surface area contributed by atoms with Crippen LogP contribution in [0.3, 0.4) is 0 Å². The van der Waals surface area contributed by atoms with Gasteiger partial charge in [-0.15, -0.1) is 0 Å². The van der Waals surface area contributed by atoms with Crippen LogP contribution < -0.4 is 15.5 Å². The third-order valence-corrected chi connectivity index (χ3v) is 5.97. The molecule has 2 N–H and O–H groups in total. The first-order valence-corrected chi connectivity index (χ1v) is 11.1. The van der Waals surface area contributed by atoms with Crippen LogP contribution in [0.5, 0.6) is 0 Å². The van der Waals surface area contributed by atoms with Gasteiger partial charge in [0.1, 0.15) is 11.7 Å². The molecule has 8 heteroatoms. The van der Waals surface area contributed by atoms with Crippen LogP contribution in [0.25, 0.3) is 0 Å². The first-order chi connectivity index (χ1) is 15.6. The summed E-state index contributed by atoms with van der Waals surface area (Å²) >= 11 is 0. The minimum Gasteiger partial charge on any atom is -0.376 e. The van der Waals surface area contributed by atoms with Crippen molar-refractivity contribution in [2.45, 2.75) is 38.3 Å². The van der Waals surface area contributed by atoms with Crippen LogP contribution in [0.4, 0.5) is 5.69 Å². The second kappa shape index (κ2) is 10.4. The van der Waals surface area contributed by atoms with E-state index >= 15 is 0 Å². The summed E-state index contributed by atoms with van der Waals surface area (Å²) in [7, 11) is 0. The lowest BCUT2D eigenvalue weighted by atomic mass is 9.97. The van der Waals surface area contributed by atoms with Crippen molar-refractivity contribution in [3.8, 4) is 0 Å². The highest BCUT2D eigenvalue weighted by Gasteiger charge is 2.28. The Morgan fingerprint density at radius 3 is 2.56 bits per heavy atom. The third kappa shape index (κ3) is 5.70. The minimum atomic E-state index is -0.704. The number of anilines is 1. The van der Waals surface area contributed by atoms with Gasteiger partial charge in [0.25, 0.3) is 5.91 Å². The molecular weight excluding hydrogens is 408 g/mol. The largest absolute Gasteiger partial charge is 0.376 e. The smallest absolute Gasteiger partial charge is 0.270 e. The van der Waals surface area contributed by atoms with Crippen molar-refractivity contribution < 1.29 is 19.1 Å². The van der Waals surface area contributed by atoms with Crippen molar-refractivity contribution >= 4 is 23.4 Å². The van der Waals surface area contributed by atoms with Gasteiger partial charge in [-0.2, -0.15) is 0 Å². The van der Waals surface area contributed by atoms with Crippen LogP contribution in [0.2, 0.25) is 0 Å². The normalized spacial score (nSPS) is 19.5. The summed E-state index contributed by atoms with van der Waals surface area (Å²) in [5, 5.41) is 4.88. The maximum Gasteiger partial charge on any atom is 0.270 e. The quantitative estimate of drug-likeness (QED) is 0.645. The molecule has 0 saturated carbocycles. The summed E-state index contributed by atoms with van der Waals surface area (Å²) in [6.07, 6.45) is 4.32. The van der Waals surface area contributed by atoms with Gasteiger partial charge in [0.05, 0.1) is 18.5 Å². The van der Waals surface area contributed by atoms with E-state index in [4.69, 9.17) is 4.74 Å². The second-order valence-electron chi connectivity index (χ2n) is 8.31. The first kappa shape index (κ1) is 22.0. The fourth-order valence-corrected chi connectivity index (χ4v) is 4.05. The lowest BCUT2D eigenvalue weighted by Gasteiger charge is -2.33. The van der Waals surface area contributed by atoms with Gasteiger partial charge >= 0.3 is 0 Å². The fraction of sp³-hybridized carbons (Fsp3) is 0.417. The molecule has 0 spiro atoms. The first-order valence-electron chi connectivity index (χ1n) is 11.1. The van der Waals surface area contributed by atoms with E-state index in [-0.39, 0.29) is 18.0 Å². The molecule has 168 valence electrons. The summed E-state index contributed by atoms with van der Waals surface area (Å²) in [4.78, 5) is 42.0. The van der Waals surface area contributed by atoms with E-state index in [0.717, 1.165) is 38.2 Å². The van der Waals surface area contributed by atoms with Crippen LogP contribution >= 0.6 is 0 Å². The highest BCUT2D eigenvalue weighted by Crippen LogP contribution is 2.23. The highest BCUT2D eigenvalue weighted by molar-refractivity contribution is 6.03. The van der Waals surface area contributed by atoms with Gasteiger partial charge in [0, 0.05) is 26.1 Å². The number of hydrogen-bond donors (Lipinski definition) is 2. The van der Waals surface area contributed by atoms with E-state index in [9.17, 15) is 14.4 Å². The minimum absolute atomic E-state index is 0.219. The van der Waals surface area contributed by atoms with Gasteiger partial charge in [-0.25, -0.2) is 4.98 Å². The number of pyridine rings is 1. The number of amides is 3. The Labute approximate surface area is 187 Å². The molecule has 2 saturated heterocycles. The number of benzene rings is 1. The van der Waals surface area contributed by atoms with Gasteiger partial charge in [-0.1, -0.05) is 30.3 Å². The summed E-state index contributed by atoms with van der Waals surface area (Å²) in [6.45, 7) is 3.25. The second-order valence-corrected chi connectivity index (χ2v) is 8.31. The average molecular weight is 437 g/mol. The van der Waals surface area contributed by atoms with Gasteiger partial charge in [0.2, 0.25) is 11.8 Å².